The summed E-state index contributed by atoms with van der Waals surface area (Å²) >= 11 is 4.28. The van der Waals surface area contributed by atoms with E-state index in [1.807, 2.05) is 6.07 Å². The molecule has 0 unspecified atom stereocenters. The lowest BCUT2D eigenvalue weighted by Crippen LogP contribution is -2.12. The molecule has 6 nitrogen and oxygen atoms in total. The first-order valence-electron chi connectivity index (χ1n) is 4.64. The molecule has 9 heteroatoms. The number of nitrogens with one attached hydrogen (secondary N) is 1. The average Bonchev–Trinajstić information content (AvgIpc) is 2.84. The predicted octanol–water partition coefficient (Wildman–Crippen LogP) is 1.92. The molecular weight excluding hydrogens is 340 g/mol. The van der Waals surface area contributed by atoms with Gasteiger partial charge in [0.05, 0.1) is 3.79 Å². The first-order valence-corrected chi connectivity index (χ1v) is 7.73. The van der Waals surface area contributed by atoms with Gasteiger partial charge in [-0.1, -0.05) is 0 Å². The Kier molecular flexibility index (Phi) is 3.43. The van der Waals surface area contributed by atoms with E-state index in [1.165, 1.54) is 16.9 Å². The summed E-state index contributed by atoms with van der Waals surface area (Å²) in [6, 6.07) is 5.00. The fourth-order valence-corrected chi connectivity index (χ4v) is 4.29. The second-order valence-electron chi connectivity index (χ2n) is 3.34. The molecule has 2 aromatic rings. The number of halogens is 1. The number of rotatable bonds is 3. The zero-order valence-corrected chi connectivity index (χ0v) is 12.3. The molecule has 2 aromatic heterocycles. The molecule has 2 heterocycles. The molecule has 0 bridgehead atoms. The third-order valence-electron chi connectivity index (χ3n) is 1.99. The Morgan fingerprint density at radius 1 is 1.56 bits per heavy atom. The van der Waals surface area contributed by atoms with Gasteiger partial charge in [0.25, 0.3) is 10.0 Å². The number of nitriles is 1. The largest absolute Gasteiger partial charge is 0.272 e. The van der Waals surface area contributed by atoms with Gasteiger partial charge in [0.15, 0.2) is 5.82 Å². The Morgan fingerprint density at radius 3 is 2.83 bits per heavy atom. The Bertz CT molecular complexity index is 726. The van der Waals surface area contributed by atoms with Crippen LogP contribution in [0.1, 0.15) is 5.56 Å². The normalized spacial score (nSPS) is 11.2. The summed E-state index contributed by atoms with van der Waals surface area (Å²) in [6.45, 7) is 0. The molecule has 1 N–H and O–H groups in total. The molecular formula is C9H7BrN4O2S2. The highest BCUT2D eigenvalue weighted by Crippen LogP contribution is 2.27. The standard InChI is InChI=1S/C9H7BrN4O2S2/c1-14-5-6(4-11)9(12-14)13-18(15,16)8-3-2-7(10)17-8/h2-3,5H,1H3,(H,12,13). The van der Waals surface area contributed by atoms with Gasteiger partial charge in [-0.3, -0.25) is 9.40 Å². The summed E-state index contributed by atoms with van der Waals surface area (Å²) in [4.78, 5) is 0. The van der Waals surface area contributed by atoms with Crippen molar-refractivity contribution in [3.05, 3.63) is 27.7 Å². The topological polar surface area (TPSA) is 87.8 Å². The van der Waals surface area contributed by atoms with Gasteiger partial charge in [-0.25, -0.2) is 8.42 Å². The number of aryl methyl sites for hydroxylation is 1. The lowest BCUT2D eigenvalue weighted by molar-refractivity contribution is 0.602. The number of thiophene rings is 1. The van der Waals surface area contributed by atoms with Crippen LogP contribution in [0.15, 0.2) is 26.3 Å². The highest BCUT2D eigenvalue weighted by molar-refractivity contribution is 9.11. The SMILES string of the molecule is Cn1cc(C#N)c(NS(=O)(=O)c2ccc(Br)s2)n1. The second-order valence-corrected chi connectivity index (χ2v) is 7.71. The summed E-state index contributed by atoms with van der Waals surface area (Å²) in [7, 11) is -2.09. The summed E-state index contributed by atoms with van der Waals surface area (Å²) in [5.41, 5.74) is 0.177. The van der Waals surface area contributed by atoms with Crippen molar-refractivity contribution >= 4 is 43.1 Å². The zero-order valence-electron chi connectivity index (χ0n) is 9.08. The van der Waals surface area contributed by atoms with Crippen LogP contribution in [-0.2, 0) is 17.1 Å². The Hall–Kier alpha value is -1.37. The van der Waals surface area contributed by atoms with Crippen molar-refractivity contribution in [2.24, 2.45) is 7.05 Å². The molecule has 18 heavy (non-hydrogen) atoms. The van der Waals surface area contributed by atoms with Gasteiger partial charge in [0.1, 0.15) is 15.8 Å². The Morgan fingerprint density at radius 2 is 2.28 bits per heavy atom. The number of hydrogen-bond acceptors (Lipinski definition) is 5. The molecule has 2 rings (SSSR count). The smallest absolute Gasteiger partial charge is 0.272 e. The van der Waals surface area contributed by atoms with Crippen molar-refractivity contribution < 1.29 is 8.42 Å². The summed E-state index contributed by atoms with van der Waals surface area (Å²) in [5.74, 6) is 0.0320. The molecule has 0 atom stereocenters. The third-order valence-corrected chi connectivity index (χ3v) is 5.45. The lowest BCUT2D eigenvalue weighted by Gasteiger charge is -2.02. The van der Waals surface area contributed by atoms with Crippen molar-refractivity contribution in [2.45, 2.75) is 4.21 Å². The van der Waals surface area contributed by atoms with Gasteiger partial charge < -0.3 is 0 Å². The van der Waals surface area contributed by atoms with Crippen molar-refractivity contribution in [2.75, 3.05) is 4.72 Å². The summed E-state index contributed by atoms with van der Waals surface area (Å²) in [6.07, 6.45) is 1.45. The first-order chi connectivity index (χ1) is 8.42. The third kappa shape index (κ3) is 2.55. The molecule has 0 aromatic carbocycles. The molecule has 0 saturated heterocycles. The average molecular weight is 347 g/mol. The molecule has 0 aliphatic carbocycles. The molecule has 0 fully saturated rings. The van der Waals surface area contributed by atoms with Crippen LogP contribution in [0.5, 0.6) is 0 Å². The van der Waals surface area contributed by atoms with E-state index in [-0.39, 0.29) is 15.6 Å². The maximum absolute atomic E-state index is 12.0. The van der Waals surface area contributed by atoms with E-state index in [9.17, 15) is 8.42 Å². The first kappa shape index (κ1) is 13.1. The van der Waals surface area contributed by atoms with Crippen molar-refractivity contribution in [3.8, 4) is 6.07 Å². The van der Waals surface area contributed by atoms with Gasteiger partial charge in [0, 0.05) is 13.2 Å². The fraction of sp³-hybridized carbons (Fsp3) is 0.111. The minimum Gasteiger partial charge on any atom is -0.272 e. The van der Waals surface area contributed by atoms with Crippen LogP contribution in [0.2, 0.25) is 0 Å². The van der Waals surface area contributed by atoms with Crippen molar-refractivity contribution in [1.29, 1.82) is 5.26 Å². The molecule has 0 saturated carbocycles. The van der Waals surface area contributed by atoms with E-state index in [0.717, 1.165) is 11.3 Å². The molecule has 94 valence electrons. The Balaban J connectivity index is 2.37. The van der Waals surface area contributed by atoms with Crippen LogP contribution in [0.4, 0.5) is 5.82 Å². The fourth-order valence-electron chi connectivity index (χ4n) is 1.27. The molecule has 0 spiro atoms. The number of hydrogen-bond donors (Lipinski definition) is 1. The number of sulfonamides is 1. The molecule has 0 amide bonds. The van der Waals surface area contributed by atoms with Crippen molar-refractivity contribution in [1.82, 2.24) is 9.78 Å². The van der Waals surface area contributed by atoms with Gasteiger partial charge in [-0.15, -0.1) is 11.3 Å². The van der Waals surface area contributed by atoms with E-state index in [2.05, 4.69) is 25.8 Å². The van der Waals surface area contributed by atoms with E-state index in [4.69, 9.17) is 5.26 Å². The monoisotopic (exact) mass is 346 g/mol. The van der Waals surface area contributed by atoms with E-state index >= 15 is 0 Å². The van der Waals surface area contributed by atoms with E-state index in [0.29, 0.717) is 3.79 Å². The maximum Gasteiger partial charge on any atom is 0.272 e. The van der Waals surface area contributed by atoms with Crippen molar-refractivity contribution in [3.63, 3.8) is 0 Å². The van der Waals surface area contributed by atoms with E-state index in [1.54, 1.807) is 13.1 Å². The van der Waals surface area contributed by atoms with Gasteiger partial charge in [0.2, 0.25) is 0 Å². The number of nitrogens with zero attached hydrogens (tertiary/aromatic N) is 3. The Labute approximate surface area is 116 Å². The summed E-state index contributed by atoms with van der Waals surface area (Å²) in [5, 5.41) is 12.8. The quantitative estimate of drug-likeness (QED) is 0.919. The van der Waals surface area contributed by atoms with Crippen LogP contribution in [0, 0.1) is 11.3 Å². The van der Waals surface area contributed by atoms with Gasteiger partial charge in [-0.2, -0.15) is 10.4 Å². The number of aromatic nitrogens is 2. The van der Waals surface area contributed by atoms with Crippen LogP contribution in [0.25, 0.3) is 0 Å². The predicted molar refractivity (Wildman–Crippen MR) is 70.8 cm³/mol. The van der Waals surface area contributed by atoms with Crippen LogP contribution in [0.3, 0.4) is 0 Å². The van der Waals surface area contributed by atoms with Crippen LogP contribution >= 0.6 is 27.3 Å². The van der Waals surface area contributed by atoms with Crippen LogP contribution < -0.4 is 4.72 Å². The minimum atomic E-state index is -3.70. The maximum atomic E-state index is 12.0. The van der Waals surface area contributed by atoms with E-state index < -0.39 is 10.0 Å². The molecule has 0 aliphatic rings. The zero-order chi connectivity index (χ0) is 13.3. The number of anilines is 1. The van der Waals surface area contributed by atoms with Gasteiger partial charge >= 0.3 is 0 Å². The summed E-state index contributed by atoms with van der Waals surface area (Å²) < 4.78 is 28.6. The van der Waals surface area contributed by atoms with Gasteiger partial charge in [-0.05, 0) is 28.1 Å². The highest BCUT2D eigenvalue weighted by atomic mass is 79.9. The lowest BCUT2D eigenvalue weighted by atomic mass is 10.4. The van der Waals surface area contributed by atoms with Crippen LogP contribution in [-0.4, -0.2) is 18.2 Å². The molecule has 0 radical (unpaired) electrons. The highest BCUT2D eigenvalue weighted by Gasteiger charge is 2.20. The minimum absolute atomic E-state index is 0.0320. The second kappa shape index (κ2) is 4.72. The molecule has 0 aliphatic heterocycles.